The summed E-state index contributed by atoms with van der Waals surface area (Å²) < 4.78 is 5.59. The van der Waals surface area contributed by atoms with E-state index in [1.807, 2.05) is 42.5 Å². The van der Waals surface area contributed by atoms with Crippen LogP contribution in [0.3, 0.4) is 0 Å². The van der Waals surface area contributed by atoms with Crippen molar-refractivity contribution in [1.82, 2.24) is 0 Å². The van der Waals surface area contributed by atoms with Crippen molar-refractivity contribution in [3.05, 3.63) is 60.2 Å². The quantitative estimate of drug-likeness (QED) is 0.399. The monoisotopic (exact) mass is 451 g/mol. The van der Waals surface area contributed by atoms with Crippen molar-refractivity contribution < 1.29 is 4.74 Å². The first-order valence-electron chi connectivity index (χ1n) is 8.49. The standard InChI is InChI=1S/C20H25N3O.HI/c1-24-18-12-6-5-11-17(18)20(13-7-8-14-20)15-22-19(21)23-16-9-3-2-4-10-16;/h2-6,9-12H,7-8,13-15H2,1H3,(H3,21,22,23);1H. The number of anilines is 1. The number of para-hydroxylation sites is 2. The van der Waals surface area contributed by atoms with Gasteiger partial charge in [-0.3, -0.25) is 4.99 Å². The Morgan fingerprint density at radius 3 is 2.40 bits per heavy atom. The normalized spacial score (nSPS) is 16.1. The second-order valence-corrected chi connectivity index (χ2v) is 6.38. The molecule has 1 aliphatic rings. The van der Waals surface area contributed by atoms with E-state index >= 15 is 0 Å². The summed E-state index contributed by atoms with van der Waals surface area (Å²) in [6.45, 7) is 0.680. The maximum atomic E-state index is 6.10. The number of hydrogen-bond donors (Lipinski definition) is 2. The summed E-state index contributed by atoms with van der Waals surface area (Å²) in [4.78, 5) is 4.65. The topological polar surface area (TPSA) is 59.6 Å². The van der Waals surface area contributed by atoms with Gasteiger partial charge in [0.2, 0.25) is 0 Å². The van der Waals surface area contributed by atoms with E-state index in [0.29, 0.717) is 12.5 Å². The fourth-order valence-corrected chi connectivity index (χ4v) is 3.59. The molecule has 0 radical (unpaired) electrons. The summed E-state index contributed by atoms with van der Waals surface area (Å²) in [5.41, 5.74) is 8.33. The Hall–Kier alpha value is -1.76. The molecule has 1 aliphatic carbocycles. The average Bonchev–Trinajstić information content (AvgIpc) is 3.11. The highest BCUT2D eigenvalue weighted by atomic mass is 127. The number of ether oxygens (including phenoxy) is 1. The van der Waals surface area contributed by atoms with E-state index in [-0.39, 0.29) is 29.4 Å². The molecule has 0 heterocycles. The summed E-state index contributed by atoms with van der Waals surface area (Å²) in [5, 5.41) is 3.16. The number of nitrogens with zero attached hydrogens (tertiary/aromatic N) is 1. The zero-order valence-corrected chi connectivity index (χ0v) is 16.9. The van der Waals surface area contributed by atoms with Crippen LogP contribution in [0, 0.1) is 0 Å². The van der Waals surface area contributed by atoms with E-state index in [1.165, 1.54) is 18.4 Å². The van der Waals surface area contributed by atoms with Crippen LogP contribution in [0.2, 0.25) is 0 Å². The Labute approximate surface area is 166 Å². The lowest BCUT2D eigenvalue weighted by molar-refractivity contribution is 0.378. The third-order valence-corrected chi connectivity index (χ3v) is 4.84. The highest BCUT2D eigenvalue weighted by molar-refractivity contribution is 14.0. The fourth-order valence-electron chi connectivity index (χ4n) is 3.59. The second-order valence-electron chi connectivity index (χ2n) is 6.38. The number of guanidine groups is 1. The molecular formula is C20H26IN3O. The number of rotatable bonds is 5. The van der Waals surface area contributed by atoms with Crippen LogP contribution in [0.15, 0.2) is 59.6 Å². The zero-order chi connectivity index (χ0) is 16.8. The Morgan fingerprint density at radius 2 is 1.72 bits per heavy atom. The van der Waals surface area contributed by atoms with E-state index in [1.54, 1.807) is 7.11 Å². The summed E-state index contributed by atoms with van der Waals surface area (Å²) in [6, 6.07) is 18.2. The molecule has 0 unspecified atom stereocenters. The molecule has 4 nitrogen and oxygen atoms in total. The molecule has 0 bridgehead atoms. The van der Waals surface area contributed by atoms with Crippen LogP contribution in [0.4, 0.5) is 5.69 Å². The van der Waals surface area contributed by atoms with Crippen LogP contribution in [-0.2, 0) is 5.41 Å². The lowest BCUT2D eigenvalue weighted by Crippen LogP contribution is -2.30. The summed E-state index contributed by atoms with van der Waals surface area (Å²) >= 11 is 0. The highest BCUT2D eigenvalue weighted by Crippen LogP contribution is 2.44. The van der Waals surface area contributed by atoms with Gasteiger partial charge in [0.1, 0.15) is 5.75 Å². The molecule has 5 heteroatoms. The van der Waals surface area contributed by atoms with Gasteiger partial charge in [-0.1, -0.05) is 49.2 Å². The van der Waals surface area contributed by atoms with E-state index in [4.69, 9.17) is 10.5 Å². The van der Waals surface area contributed by atoms with Gasteiger partial charge in [-0.05, 0) is 31.0 Å². The average molecular weight is 451 g/mol. The zero-order valence-electron chi connectivity index (χ0n) is 14.6. The molecule has 1 saturated carbocycles. The van der Waals surface area contributed by atoms with Crippen molar-refractivity contribution in [1.29, 1.82) is 0 Å². The van der Waals surface area contributed by atoms with Gasteiger partial charge in [-0.15, -0.1) is 24.0 Å². The molecule has 2 aromatic rings. The van der Waals surface area contributed by atoms with Gasteiger partial charge in [0.25, 0.3) is 0 Å². The summed E-state index contributed by atoms with van der Waals surface area (Å²) in [6.07, 6.45) is 4.68. The first kappa shape index (κ1) is 19.6. The molecule has 0 spiro atoms. The van der Waals surface area contributed by atoms with Crippen molar-refractivity contribution in [2.24, 2.45) is 10.7 Å². The summed E-state index contributed by atoms with van der Waals surface area (Å²) in [5.74, 6) is 1.41. The molecule has 0 amide bonds. The third-order valence-electron chi connectivity index (χ3n) is 4.84. The minimum Gasteiger partial charge on any atom is -0.496 e. The van der Waals surface area contributed by atoms with Crippen LogP contribution in [0.1, 0.15) is 31.2 Å². The smallest absolute Gasteiger partial charge is 0.193 e. The van der Waals surface area contributed by atoms with E-state index in [9.17, 15) is 0 Å². The Bertz CT molecular complexity index is 697. The molecule has 3 N–H and O–H groups in total. The van der Waals surface area contributed by atoms with Crippen LogP contribution in [-0.4, -0.2) is 19.6 Å². The molecule has 0 atom stereocenters. The van der Waals surface area contributed by atoms with Gasteiger partial charge in [-0.25, -0.2) is 0 Å². The Morgan fingerprint density at radius 1 is 1.08 bits per heavy atom. The largest absolute Gasteiger partial charge is 0.496 e. The van der Waals surface area contributed by atoms with Crippen molar-refractivity contribution in [3.63, 3.8) is 0 Å². The number of aliphatic imine (C=N–C) groups is 1. The number of benzene rings is 2. The number of methoxy groups -OCH3 is 1. The predicted octanol–water partition coefficient (Wildman–Crippen LogP) is 4.55. The second kappa shape index (κ2) is 9.08. The summed E-state index contributed by atoms with van der Waals surface area (Å²) in [7, 11) is 1.73. The molecular weight excluding hydrogens is 425 g/mol. The van der Waals surface area contributed by atoms with E-state index in [0.717, 1.165) is 24.3 Å². The van der Waals surface area contributed by atoms with Gasteiger partial charge < -0.3 is 15.8 Å². The first-order chi connectivity index (χ1) is 11.7. The van der Waals surface area contributed by atoms with Crippen LogP contribution in [0.5, 0.6) is 5.75 Å². The minimum absolute atomic E-state index is 0. The molecule has 0 aromatic heterocycles. The first-order valence-corrected chi connectivity index (χ1v) is 8.49. The maximum Gasteiger partial charge on any atom is 0.193 e. The molecule has 2 aromatic carbocycles. The van der Waals surface area contributed by atoms with Crippen LogP contribution < -0.4 is 15.8 Å². The fraction of sp³-hybridized carbons (Fsp3) is 0.350. The van der Waals surface area contributed by atoms with Crippen molar-refractivity contribution in [2.45, 2.75) is 31.1 Å². The van der Waals surface area contributed by atoms with E-state index in [2.05, 4.69) is 22.4 Å². The van der Waals surface area contributed by atoms with Crippen molar-refractivity contribution in [3.8, 4) is 5.75 Å². The minimum atomic E-state index is 0. The molecule has 0 saturated heterocycles. The lowest BCUT2D eigenvalue weighted by atomic mass is 9.78. The molecule has 0 aliphatic heterocycles. The highest BCUT2D eigenvalue weighted by Gasteiger charge is 2.37. The number of nitrogens with one attached hydrogen (secondary N) is 1. The number of halogens is 1. The van der Waals surface area contributed by atoms with Crippen molar-refractivity contribution in [2.75, 3.05) is 19.0 Å². The predicted molar refractivity (Wildman–Crippen MR) is 115 cm³/mol. The van der Waals surface area contributed by atoms with Gasteiger partial charge >= 0.3 is 0 Å². The Balaban J connectivity index is 0.00000225. The maximum absolute atomic E-state index is 6.10. The van der Waals surface area contributed by atoms with Gasteiger partial charge in [-0.2, -0.15) is 0 Å². The van der Waals surface area contributed by atoms with Crippen LogP contribution >= 0.6 is 24.0 Å². The molecule has 3 rings (SSSR count). The van der Waals surface area contributed by atoms with Crippen LogP contribution in [0.25, 0.3) is 0 Å². The third kappa shape index (κ3) is 4.66. The Kier molecular flexibility index (Phi) is 7.11. The van der Waals surface area contributed by atoms with E-state index < -0.39 is 0 Å². The number of hydrogen-bond acceptors (Lipinski definition) is 2. The molecule has 134 valence electrons. The molecule has 25 heavy (non-hydrogen) atoms. The number of nitrogens with two attached hydrogens (primary N) is 1. The van der Waals surface area contributed by atoms with Gasteiger partial charge in [0.05, 0.1) is 13.7 Å². The van der Waals surface area contributed by atoms with Gasteiger partial charge in [0, 0.05) is 16.7 Å². The molecule has 1 fully saturated rings. The SMILES string of the molecule is COc1ccccc1C1(CN=C(N)Nc2ccccc2)CCCC1.I. The van der Waals surface area contributed by atoms with Crippen molar-refractivity contribution >= 4 is 35.6 Å². The van der Waals surface area contributed by atoms with Gasteiger partial charge in [0.15, 0.2) is 5.96 Å². The lowest BCUT2D eigenvalue weighted by Gasteiger charge is -2.29.